The molecule has 3 atom stereocenters. The number of carbonyl (C=O) groups is 1. The van der Waals surface area contributed by atoms with Crippen molar-refractivity contribution in [3.05, 3.63) is 0 Å². The maximum absolute atomic E-state index is 11.2. The molecule has 2 aliphatic carbocycles. The van der Waals surface area contributed by atoms with Gasteiger partial charge in [-0.05, 0) is 19.9 Å². The zero-order valence-electron chi connectivity index (χ0n) is 6.84. The van der Waals surface area contributed by atoms with Crippen LogP contribution >= 0.6 is 0 Å². The number of likely N-dealkylation sites (tertiary alicyclic amines) is 1. The molecule has 0 amide bonds. The molecular formula is C9H13NO. The Morgan fingerprint density at radius 3 is 2.91 bits per heavy atom. The van der Waals surface area contributed by atoms with Gasteiger partial charge < -0.3 is 0 Å². The fourth-order valence-corrected chi connectivity index (χ4v) is 3.51. The number of hydrogen-bond acceptors (Lipinski definition) is 2. The first-order valence-electron chi connectivity index (χ1n) is 4.48. The Labute approximate surface area is 66.6 Å². The second-order valence-electron chi connectivity index (χ2n) is 4.39. The Kier molecular flexibility index (Phi) is 0.861. The summed E-state index contributed by atoms with van der Waals surface area (Å²) in [5.41, 5.74) is 0.492. The normalized spacial score (nSPS) is 54.5. The molecule has 3 unspecified atom stereocenters. The van der Waals surface area contributed by atoms with E-state index in [1.807, 2.05) is 0 Å². The summed E-state index contributed by atoms with van der Waals surface area (Å²) >= 11 is 0. The number of rotatable bonds is 0. The van der Waals surface area contributed by atoms with Crippen LogP contribution in [0.25, 0.3) is 0 Å². The van der Waals surface area contributed by atoms with Gasteiger partial charge in [0, 0.05) is 30.3 Å². The van der Waals surface area contributed by atoms with Crippen LogP contribution in [0.5, 0.6) is 0 Å². The molecule has 0 N–H and O–H groups in total. The number of carbonyl (C=O) groups excluding carboxylic acids is 1. The molecule has 11 heavy (non-hydrogen) atoms. The molecule has 1 aliphatic heterocycles. The van der Waals surface area contributed by atoms with Gasteiger partial charge in [0.05, 0.1) is 0 Å². The molecule has 2 saturated carbocycles. The highest BCUT2D eigenvalue weighted by Crippen LogP contribution is 2.63. The molecule has 1 heterocycles. The lowest BCUT2D eigenvalue weighted by atomic mass is 9.54. The zero-order valence-corrected chi connectivity index (χ0v) is 6.84. The topological polar surface area (TPSA) is 20.3 Å². The first-order chi connectivity index (χ1) is 5.24. The standard InChI is InChI=1S/C9H13NO/c1-10-7-2-3-9(7)5-6(11)4-8(9)10/h7-8H,2-5H2,1H3. The van der Waals surface area contributed by atoms with Crippen molar-refractivity contribution in [2.45, 2.75) is 37.8 Å². The van der Waals surface area contributed by atoms with Crippen molar-refractivity contribution < 1.29 is 4.79 Å². The van der Waals surface area contributed by atoms with Gasteiger partial charge in [0.15, 0.2) is 0 Å². The minimum Gasteiger partial charge on any atom is -0.300 e. The van der Waals surface area contributed by atoms with Crippen LogP contribution in [0.4, 0.5) is 0 Å². The third-order valence-corrected chi connectivity index (χ3v) is 4.14. The molecule has 2 nitrogen and oxygen atoms in total. The molecule has 2 heteroatoms. The first-order valence-corrected chi connectivity index (χ1v) is 4.48. The van der Waals surface area contributed by atoms with E-state index >= 15 is 0 Å². The summed E-state index contributed by atoms with van der Waals surface area (Å²) in [4.78, 5) is 13.6. The van der Waals surface area contributed by atoms with Crippen molar-refractivity contribution >= 4 is 5.78 Å². The number of Topliss-reactive ketones (excluding diaryl/α,β-unsaturated/α-hetero) is 1. The van der Waals surface area contributed by atoms with Crippen molar-refractivity contribution in [1.29, 1.82) is 0 Å². The second kappa shape index (κ2) is 1.53. The van der Waals surface area contributed by atoms with Crippen molar-refractivity contribution in [2.75, 3.05) is 7.05 Å². The molecule has 3 fully saturated rings. The number of hydrogen-bond donors (Lipinski definition) is 0. The lowest BCUT2D eigenvalue weighted by Gasteiger charge is -2.67. The van der Waals surface area contributed by atoms with E-state index in [0.717, 1.165) is 18.9 Å². The third kappa shape index (κ3) is 0.467. The van der Waals surface area contributed by atoms with Crippen LogP contribution in [-0.2, 0) is 4.79 Å². The molecule has 0 radical (unpaired) electrons. The molecule has 3 rings (SSSR count). The van der Waals surface area contributed by atoms with Crippen molar-refractivity contribution in [3.63, 3.8) is 0 Å². The van der Waals surface area contributed by atoms with Crippen LogP contribution in [0, 0.1) is 5.41 Å². The van der Waals surface area contributed by atoms with Gasteiger partial charge in [-0.1, -0.05) is 0 Å². The van der Waals surface area contributed by atoms with Gasteiger partial charge in [-0.3, -0.25) is 9.69 Å². The molecule has 0 aromatic carbocycles. The summed E-state index contributed by atoms with van der Waals surface area (Å²) in [6.07, 6.45) is 4.39. The van der Waals surface area contributed by atoms with Crippen LogP contribution in [0.15, 0.2) is 0 Å². The quantitative estimate of drug-likeness (QED) is 0.510. The van der Waals surface area contributed by atoms with Gasteiger partial charge in [-0.25, -0.2) is 0 Å². The Balaban J connectivity index is 1.96. The van der Waals surface area contributed by atoms with E-state index in [9.17, 15) is 4.79 Å². The smallest absolute Gasteiger partial charge is 0.135 e. The number of piperidine rings is 1. The highest BCUT2D eigenvalue weighted by molar-refractivity contribution is 5.84. The maximum Gasteiger partial charge on any atom is 0.135 e. The van der Waals surface area contributed by atoms with Crippen LogP contribution < -0.4 is 0 Å². The molecule has 1 saturated heterocycles. The SMILES string of the molecule is CN1C2CCC23CC(=O)CC13. The molecule has 0 bridgehead atoms. The van der Waals surface area contributed by atoms with Gasteiger partial charge in [-0.2, -0.15) is 0 Å². The van der Waals surface area contributed by atoms with Gasteiger partial charge in [-0.15, -0.1) is 0 Å². The Morgan fingerprint density at radius 1 is 1.55 bits per heavy atom. The summed E-state index contributed by atoms with van der Waals surface area (Å²) in [5, 5.41) is 0. The fourth-order valence-electron chi connectivity index (χ4n) is 3.51. The highest BCUT2D eigenvalue weighted by atomic mass is 16.1. The first kappa shape index (κ1) is 6.18. The summed E-state index contributed by atoms with van der Waals surface area (Å²) in [5.74, 6) is 0.504. The van der Waals surface area contributed by atoms with Crippen LogP contribution in [0.3, 0.4) is 0 Å². The van der Waals surface area contributed by atoms with E-state index in [1.165, 1.54) is 12.8 Å². The predicted molar refractivity (Wildman–Crippen MR) is 41.2 cm³/mol. The minimum atomic E-state index is 0.492. The molecular weight excluding hydrogens is 138 g/mol. The summed E-state index contributed by atoms with van der Waals surface area (Å²) in [6, 6.07) is 1.41. The second-order valence-corrected chi connectivity index (χ2v) is 4.39. The van der Waals surface area contributed by atoms with Gasteiger partial charge in [0.25, 0.3) is 0 Å². The lowest BCUT2D eigenvalue weighted by Crippen LogP contribution is -2.73. The summed E-state index contributed by atoms with van der Waals surface area (Å²) in [7, 11) is 2.17. The van der Waals surface area contributed by atoms with Crippen LogP contribution in [0.1, 0.15) is 25.7 Å². The molecule has 0 aromatic heterocycles. The van der Waals surface area contributed by atoms with Crippen LogP contribution in [-0.4, -0.2) is 29.8 Å². The monoisotopic (exact) mass is 151 g/mol. The average Bonchev–Trinajstić information content (AvgIpc) is 2.25. The highest BCUT2D eigenvalue weighted by Gasteiger charge is 2.67. The minimum absolute atomic E-state index is 0.492. The van der Waals surface area contributed by atoms with Crippen molar-refractivity contribution in [2.24, 2.45) is 5.41 Å². The number of nitrogens with zero attached hydrogens (tertiary/aromatic N) is 1. The van der Waals surface area contributed by atoms with E-state index in [-0.39, 0.29) is 0 Å². The van der Waals surface area contributed by atoms with E-state index in [2.05, 4.69) is 11.9 Å². The largest absolute Gasteiger partial charge is 0.300 e. The van der Waals surface area contributed by atoms with Gasteiger partial charge in [0.1, 0.15) is 5.78 Å². The molecule has 3 aliphatic rings. The third-order valence-electron chi connectivity index (χ3n) is 4.14. The summed E-state index contributed by atoms with van der Waals surface area (Å²) in [6.45, 7) is 0. The average molecular weight is 151 g/mol. The lowest BCUT2D eigenvalue weighted by molar-refractivity contribution is -0.174. The number of ketones is 1. The molecule has 1 spiro atoms. The van der Waals surface area contributed by atoms with E-state index in [0.29, 0.717) is 17.2 Å². The van der Waals surface area contributed by atoms with Crippen molar-refractivity contribution in [1.82, 2.24) is 4.90 Å². The molecule has 60 valence electrons. The van der Waals surface area contributed by atoms with Crippen LogP contribution in [0.2, 0.25) is 0 Å². The van der Waals surface area contributed by atoms with E-state index in [4.69, 9.17) is 0 Å². The molecule has 0 aromatic rings. The fraction of sp³-hybridized carbons (Fsp3) is 0.889. The summed E-state index contributed by atoms with van der Waals surface area (Å²) < 4.78 is 0. The Morgan fingerprint density at radius 2 is 2.36 bits per heavy atom. The Bertz CT molecular complexity index is 238. The maximum atomic E-state index is 11.2. The van der Waals surface area contributed by atoms with Crippen molar-refractivity contribution in [3.8, 4) is 0 Å². The van der Waals surface area contributed by atoms with E-state index in [1.54, 1.807) is 0 Å². The zero-order chi connectivity index (χ0) is 7.64. The Hall–Kier alpha value is -0.370. The van der Waals surface area contributed by atoms with Gasteiger partial charge >= 0.3 is 0 Å². The van der Waals surface area contributed by atoms with E-state index < -0.39 is 0 Å². The van der Waals surface area contributed by atoms with Gasteiger partial charge in [0.2, 0.25) is 0 Å². The predicted octanol–water partition coefficient (Wildman–Crippen LogP) is 0.812.